The Kier molecular flexibility index (Phi) is 1.21. The van der Waals surface area contributed by atoms with Crippen molar-refractivity contribution in [2.75, 3.05) is 0 Å². The first kappa shape index (κ1) is 5.56. The molecule has 1 rings (SSSR count). The summed E-state index contributed by atoms with van der Waals surface area (Å²) < 4.78 is 0. The van der Waals surface area contributed by atoms with Crippen molar-refractivity contribution in [2.45, 2.75) is 13.8 Å². The van der Waals surface area contributed by atoms with Crippen LogP contribution in [-0.2, 0) is 0 Å². The average Bonchev–Trinajstić information content (AvgIpc) is 1.85. The van der Waals surface area contributed by atoms with Crippen molar-refractivity contribution in [3.8, 4) is 5.06 Å². The lowest BCUT2D eigenvalue weighted by atomic mass is 10.5. The molecule has 0 amide bonds. The minimum atomic E-state index is 0.336. The summed E-state index contributed by atoms with van der Waals surface area (Å²) in [5.41, 5.74) is 0.729. The van der Waals surface area contributed by atoms with Crippen LogP contribution < -0.4 is 0 Å². The van der Waals surface area contributed by atoms with Gasteiger partial charge >= 0.3 is 0 Å². The van der Waals surface area contributed by atoms with Crippen LogP contribution in [0.4, 0.5) is 0 Å². The summed E-state index contributed by atoms with van der Waals surface area (Å²) in [5.74, 6) is 0. The van der Waals surface area contributed by atoms with Gasteiger partial charge in [-0.15, -0.1) is 0 Å². The lowest BCUT2D eigenvalue weighted by molar-refractivity contribution is 0.485. The van der Waals surface area contributed by atoms with E-state index in [4.69, 9.17) is 5.11 Å². The van der Waals surface area contributed by atoms with Gasteiger partial charge < -0.3 is 5.11 Å². The predicted molar refractivity (Wildman–Crippen MR) is 33.3 cm³/mol. The molecule has 1 N–H and O–H groups in total. The molecule has 0 bridgehead atoms. The van der Waals surface area contributed by atoms with Gasteiger partial charge in [-0.3, -0.25) is 0 Å². The molecule has 3 heteroatoms. The molecule has 0 saturated heterocycles. The van der Waals surface area contributed by atoms with Crippen molar-refractivity contribution in [1.29, 1.82) is 0 Å². The third-order valence-corrected chi connectivity index (χ3v) is 1.75. The Morgan fingerprint density at radius 3 is 2.25 bits per heavy atom. The fraction of sp³-hybridized carbons (Fsp3) is 0.400. The van der Waals surface area contributed by atoms with Crippen LogP contribution >= 0.6 is 11.3 Å². The van der Waals surface area contributed by atoms with Gasteiger partial charge in [0.25, 0.3) is 0 Å². The van der Waals surface area contributed by atoms with E-state index < -0.39 is 0 Å². The minimum absolute atomic E-state index is 0.336. The van der Waals surface area contributed by atoms with Crippen molar-refractivity contribution >= 4 is 11.3 Å². The van der Waals surface area contributed by atoms with E-state index in [2.05, 4.69) is 4.98 Å². The van der Waals surface area contributed by atoms with Gasteiger partial charge in [-0.25, -0.2) is 4.98 Å². The third kappa shape index (κ3) is 0.816. The van der Waals surface area contributed by atoms with E-state index in [1.807, 2.05) is 6.92 Å². The van der Waals surface area contributed by atoms with E-state index in [1.54, 1.807) is 6.92 Å². The number of hydrogen-bond acceptors (Lipinski definition) is 3. The smallest absolute Gasteiger partial charge is 0.194 e. The molecule has 0 aromatic carbocycles. The first-order valence-electron chi connectivity index (χ1n) is 2.33. The predicted octanol–water partition coefficient (Wildman–Crippen LogP) is 1.47. The van der Waals surface area contributed by atoms with E-state index in [1.165, 1.54) is 11.3 Å². The monoisotopic (exact) mass is 129 g/mol. The van der Waals surface area contributed by atoms with E-state index >= 15 is 0 Å². The Labute approximate surface area is 51.8 Å². The third-order valence-electron chi connectivity index (χ3n) is 0.879. The molecule has 44 valence electrons. The Hall–Kier alpha value is -0.570. The zero-order valence-corrected chi connectivity index (χ0v) is 5.62. The molecule has 2 nitrogen and oxygen atoms in total. The van der Waals surface area contributed by atoms with Gasteiger partial charge in [0.15, 0.2) is 5.06 Å². The second kappa shape index (κ2) is 1.74. The SMILES string of the molecule is Cc1nc(C)c(O)s1. The minimum Gasteiger partial charge on any atom is -0.498 e. The van der Waals surface area contributed by atoms with Crippen LogP contribution in [0.2, 0.25) is 0 Å². The normalized spacial score (nSPS) is 9.75. The molecule has 0 aliphatic rings. The second-order valence-electron chi connectivity index (χ2n) is 1.62. The van der Waals surface area contributed by atoms with Gasteiger partial charge in [-0.05, 0) is 13.8 Å². The van der Waals surface area contributed by atoms with Crippen LogP contribution in [0.15, 0.2) is 0 Å². The van der Waals surface area contributed by atoms with Gasteiger partial charge in [0.1, 0.15) is 0 Å². The molecule has 1 heterocycles. The molecular weight excluding hydrogens is 122 g/mol. The number of thiazole rings is 1. The maximum absolute atomic E-state index is 8.90. The van der Waals surface area contributed by atoms with Crippen LogP contribution in [0.3, 0.4) is 0 Å². The van der Waals surface area contributed by atoms with Crippen LogP contribution in [0.1, 0.15) is 10.7 Å². The summed E-state index contributed by atoms with van der Waals surface area (Å²) >= 11 is 1.31. The fourth-order valence-corrected chi connectivity index (χ4v) is 1.18. The zero-order chi connectivity index (χ0) is 6.15. The Morgan fingerprint density at radius 2 is 2.12 bits per heavy atom. The Morgan fingerprint density at radius 1 is 1.50 bits per heavy atom. The standard InChI is InChI=1S/C5H7NOS/c1-3-5(7)8-4(2)6-3/h7H,1-2H3. The van der Waals surface area contributed by atoms with E-state index in [9.17, 15) is 0 Å². The number of nitrogens with zero attached hydrogens (tertiary/aromatic N) is 1. The zero-order valence-electron chi connectivity index (χ0n) is 4.80. The highest BCUT2D eigenvalue weighted by Gasteiger charge is 1.98. The summed E-state index contributed by atoms with van der Waals surface area (Å²) in [6.07, 6.45) is 0. The van der Waals surface area contributed by atoms with Crippen molar-refractivity contribution in [3.63, 3.8) is 0 Å². The molecule has 0 atom stereocenters. The van der Waals surface area contributed by atoms with E-state index in [-0.39, 0.29) is 0 Å². The largest absolute Gasteiger partial charge is 0.498 e. The molecule has 1 aromatic rings. The molecule has 8 heavy (non-hydrogen) atoms. The number of aromatic nitrogens is 1. The molecule has 0 unspecified atom stereocenters. The van der Waals surface area contributed by atoms with Crippen LogP contribution in [0, 0.1) is 13.8 Å². The first-order valence-corrected chi connectivity index (χ1v) is 3.15. The van der Waals surface area contributed by atoms with Crippen LogP contribution in [0.5, 0.6) is 5.06 Å². The Bertz CT molecular complexity index is 175. The highest BCUT2D eigenvalue weighted by molar-refractivity contribution is 7.13. The summed E-state index contributed by atoms with van der Waals surface area (Å²) in [5, 5.41) is 10.1. The maximum atomic E-state index is 8.90. The number of rotatable bonds is 0. The highest BCUT2D eigenvalue weighted by Crippen LogP contribution is 2.23. The number of aromatic hydroxyl groups is 1. The number of aryl methyl sites for hydroxylation is 2. The topological polar surface area (TPSA) is 33.1 Å². The van der Waals surface area contributed by atoms with Gasteiger partial charge in [0, 0.05) is 0 Å². The van der Waals surface area contributed by atoms with E-state index in [0.29, 0.717) is 5.06 Å². The van der Waals surface area contributed by atoms with E-state index in [0.717, 1.165) is 10.7 Å². The molecule has 1 aromatic heterocycles. The highest BCUT2D eigenvalue weighted by atomic mass is 32.1. The second-order valence-corrected chi connectivity index (χ2v) is 2.81. The summed E-state index contributed by atoms with van der Waals surface area (Å²) in [6.45, 7) is 3.66. The van der Waals surface area contributed by atoms with Crippen LogP contribution in [-0.4, -0.2) is 10.1 Å². The lowest BCUT2D eigenvalue weighted by Gasteiger charge is -1.77. The number of hydrogen-bond donors (Lipinski definition) is 1. The average molecular weight is 129 g/mol. The Balaban J connectivity index is 3.14. The van der Waals surface area contributed by atoms with Gasteiger partial charge in [-0.2, -0.15) is 0 Å². The molecule has 0 aliphatic carbocycles. The molecule has 0 spiro atoms. The quantitative estimate of drug-likeness (QED) is 0.575. The summed E-state index contributed by atoms with van der Waals surface area (Å²) in [4.78, 5) is 3.98. The fourth-order valence-electron chi connectivity index (χ4n) is 0.521. The van der Waals surface area contributed by atoms with Crippen molar-refractivity contribution in [1.82, 2.24) is 4.98 Å². The maximum Gasteiger partial charge on any atom is 0.194 e. The molecule has 0 aliphatic heterocycles. The van der Waals surface area contributed by atoms with Crippen molar-refractivity contribution < 1.29 is 5.11 Å². The molecule has 0 fully saturated rings. The first-order chi connectivity index (χ1) is 3.70. The summed E-state index contributed by atoms with van der Waals surface area (Å²) in [6, 6.07) is 0. The van der Waals surface area contributed by atoms with Gasteiger partial charge in [0.2, 0.25) is 0 Å². The van der Waals surface area contributed by atoms with Crippen molar-refractivity contribution in [2.24, 2.45) is 0 Å². The van der Waals surface area contributed by atoms with Crippen LogP contribution in [0.25, 0.3) is 0 Å². The molecule has 0 saturated carbocycles. The van der Waals surface area contributed by atoms with Crippen molar-refractivity contribution in [3.05, 3.63) is 10.7 Å². The molecular formula is C5H7NOS. The molecule has 0 radical (unpaired) electrons. The summed E-state index contributed by atoms with van der Waals surface area (Å²) in [7, 11) is 0. The lowest BCUT2D eigenvalue weighted by Crippen LogP contribution is -1.68. The van der Waals surface area contributed by atoms with Gasteiger partial charge in [0.05, 0.1) is 10.7 Å². The van der Waals surface area contributed by atoms with Gasteiger partial charge in [-0.1, -0.05) is 11.3 Å².